The molecule has 0 saturated heterocycles. The lowest BCUT2D eigenvalue weighted by Gasteiger charge is -2.16. The molecule has 2 nitrogen and oxygen atoms in total. The van der Waals surface area contributed by atoms with Crippen molar-refractivity contribution < 1.29 is 14.3 Å². The molecule has 3 heteroatoms. The lowest BCUT2D eigenvalue weighted by Crippen LogP contribution is -2.18. The van der Waals surface area contributed by atoms with E-state index in [2.05, 4.69) is 0 Å². The Morgan fingerprint density at radius 1 is 1.45 bits per heavy atom. The van der Waals surface area contributed by atoms with Crippen molar-refractivity contribution >= 4 is 5.97 Å². The largest absolute Gasteiger partial charge is 0.481 e. The number of carboxylic acid groups (broad SMARTS) is 1. The topological polar surface area (TPSA) is 37.3 Å². The van der Waals surface area contributed by atoms with Crippen LogP contribution in [0.2, 0.25) is 0 Å². The maximum atomic E-state index is 13.4. The molecule has 1 aliphatic carbocycles. The van der Waals surface area contributed by atoms with Crippen molar-refractivity contribution in [3.05, 3.63) is 0 Å². The van der Waals surface area contributed by atoms with Crippen LogP contribution in [0.1, 0.15) is 38.5 Å². The summed E-state index contributed by atoms with van der Waals surface area (Å²) in [5.74, 6) is -0.895. The molecule has 0 amide bonds. The van der Waals surface area contributed by atoms with Gasteiger partial charge in [0, 0.05) is 6.42 Å². The van der Waals surface area contributed by atoms with Gasteiger partial charge in [-0.3, -0.25) is 4.79 Å². The molecule has 11 heavy (non-hydrogen) atoms. The molecule has 0 aliphatic heterocycles. The molecule has 1 aliphatic rings. The van der Waals surface area contributed by atoms with E-state index in [0.29, 0.717) is 12.8 Å². The summed E-state index contributed by atoms with van der Waals surface area (Å²) in [4.78, 5) is 10.1. The molecule has 0 aromatic carbocycles. The number of carboxylic acids is 1. The Morgan fingerprint density at radius 2 is 2.00 bits per heavy atom. The van der Waals surface area contributed by atoms with E-state index in [1.54, 1.807) is 0 Å². The number of hydrogen-bond donors (Lipinski definition) is 1. The second-order valence-corrected chi connectivity index (χ2v) is 3.25. The Labute approximate surface area is 65.4 Å². The van der Waals surface area contributed by atoms with Crippen molar-refractivity contribution in [2.24, 2.45) is 0 Å². The highest BCUT2D eigenvalue weighted by atomic mass is 19.1. The number of aliphatic carboxylic acids is 1. The minimum Gasteiger partial charge on any atom is -0.481 e. The maximum Gasteiger partial charge on any atom is 0.303 e. The van der Waals surface area contributed by atoms with Gasteiger partial charge in [-0.25, -0.2) is 4.39 Å². The zero-order valence-corrected chi connectivity index (χ0v) is 6.48. The van der Waals surface area contributed by atoms with Crippen molar-refractivity contribution in [1.29, 1.82) is 0 Å². The number of carbonyl (C=O) groups is 1. The SMILES string of the molecule is O=C(O)CCC1(F)CCCC1. The number of hydrogen-bond acceptors (Lipinski definition) is 1. The van der Waals surface area contributed by atoms with Crippen molar-refractivity contribution in [3.8, 4) is 0 Å². The molecule has 0 aromatic rings. The quantitative estimate of drug-likeness (QED) is 0.686. The van der Waals surface area contributed by atoms with Crippen LogP contribution in [0.3, 0.4) is 0 Å². The lowest BCUT2D eigenvalue weighted by atomic mass is 9.98. The molecule has 0 spiro atoms. The van der Waals surface area contributed by atoms with Gasteiger partial charge >= 0.3 is 5.97 Å². The molecule has 0 radical (unpaired) electrons. The summed E-state index contributed by atoms with van der Waals surface area (Å²) in [6, 6.07) is 0. The minimum atomic E-state index is -1.15. The van der Waals surface area contributed by atoms with Crippen molar-refractivity contribution in [1.82, 2.24) is 0 Å². The molecule has 64 valence electrons. The van der Waals surface area contributed by atoms with Gasteiger partial charge in [0.15, 0.2) is 0 Å². The van der Waals surface area contributed by atoms with Gasteiger partial charge in [-0.15, -0.1) is 0 Å². The van der Waals surface area contributed by atoms with Crippen LogP contribution in [0.25, 0.3) is 0 Å². The summed E-state index contributed by atoms with van der Waals surface area (Å²) < 4.78 is 13.4. The normalized spacial score (nSPS) is 21.9. The van der Waals surface area contributed by atoms with Gasteiger partial charge in [0.2, 0.25) is 0 Å². The van der Waals surface area contributed by atoms with Gasteiger partial charge in [-0.1, -0.05) is 12.8 Å². The highest BCUT2D eigenvalue weighted by Crippen LogP contribution is 2.36. The van der Waals surface area contributed by atoms with Crippen LogP contribution in [0, 0.1) is 0 Å². The Balaban J connectivity index is 2.28. The predicted octanol–water partition coefficient (Wildman–Crippen LogP) is 2.13. The molecular weight excluding hydrogens is 147 g/mol. The Hall–Kier alpha value is -0.600. The summed E-state index contributed by atoms with van der Waals surface area (Å²) >= 11 is 0. The van der Waals surface area contributed by atoms with Crippen LogP contribution in [-0.4, -0.2) is 16.7 Å². The first kappa shape index (κ1) is 8.50. The highest BCUT2D eigenvalue weighted by Gasteiger charge is 2.33. The zero-order valence-electron chi connectivity index (χ0n) is 6.48. The third-order valence-corrected chi connectivity index (χ3v) is 2.29. The molecular formula is C8H13FO2. The van der Waals surface area contributed by atoms with Crippen molar-refractivity contribution in [2.45, 2.75) is 44.2 Å². The molecule has 1 N–H and O–H groups in total. The average Bonchev–Trinajstić information content (AvgIpc) is 2.33. The third kappa shape index (κ3) is 2.48. The van der Waals surface area contributed by atoms with Gasteiger partial charge in [0.25, 0.3) is 0 Å². The zero-order chi connectivity index (χ0) is 8.32. The van der Waals surface area contributed by atoms with Crippen LogP contribution in [-0.2, 0) is 4.79 Å². The third-order valence-electron chi connectivity index (χ3n) is 2.29. The first-order valence-corrected chi connectivity index (χ1v) is 4.03. The van der Waals surface area contributed by atoms with Gasteiger partial charge < -0.3 is 5.11 Å². The summed E-state index contributed by atoms with van der Waals surface area (Å²) in [5, 5.41) is 8.32. The van der Waals surface area contributed by atoms with Gasteiger partial charge in [0.05, 0.1) is 0 Å². The van der Waals surface area contributed by atoms with E-state index >= 15 is 0 Å². The second kappa shape index (κ2) is 3.20. The smallest absolute Gasteiger partial charge is 0.303 e. The van der Waals surface area contributed by atoms with E-state index in [9.17, 15) is 9.18 Å². The van der Waals surface area contributed by atoms with Crippen LogP contribution in [0.5, 0.6) is 0 Å². The average molecular weight is 160 g/mol. The van der Waals surface area contributed by atoms with Crippen LogP contribution >= 0.6 is 0 Å². The fourth-order valence-corrected chi connectivity index (χ4v) is 1.59. The molecule has 1 fully saturated rings. The van der Waals surface area contributed by atoms with E-state index in [1.807, 2.05) is 0 Å². The standard InChI is InChI=1S/C8H13FO2/c9-8(4-1-2-5-8)6-3-7(10)11/h1-6H2,(H,10,11). The Morgan fingerprint density at radius 3 is 2.45 bits per heavy atom. The van der Waals surface area contributed by atoms with E-state index in [4.69, 9.17) is 5.11 Å². The van der Waals surface area contributed by atoms with Gasteiger partial charge in [0.1, 0.15) is 5.67 Å². The summed E-state index contributed by atoms with van der Waals surface area (Å²) in [7, 11) is 0. The van der Waals surface area contributed by atoms with E-state index in [-0.39, 0.29) is 12.8 Å². The van der Waals surface area contributed by atoms with Crippen molar-refractivity contribution in [3.63, 3.8) is 0 Å². The van der Waals surface area contributed by atoms with Crippen LogP contribution in [0.4, 0.5) is 4.39 Å². The molecule has 1 saturated carbocycles. The number of rotatable bonds is 3. The minimum absolute atomic E-state index is 0.0313. The van der Waals surface area contributed by atoms with Crippen molar-refractivity contribution in [2.75, 3.05) is 0 Å². The molecule has 0 bridgehead atoms. The van der Waals surface area contributed by atoms with Gasteiger partial charge in [-0.05, 0) is 19.3 Å². The van der Waals surface area contributed by atoms with Gasteiger partial charge in [-0.2, -0.15) is 0 Å². The predicted molar refractivity (Wildman–Crippen MR) is 39.2 cm³/mol. The van der Waals surface area contributed by atoms with Crippen LogP contribution in [0.15, 0.2) is 0 Å². The highest BCUT2D eigenvalue weighted by molar-refractivity contribution is 5.66. The summed E-state index contributed by atoms with van der Waals surface area (Å²) in [6.45, 7) is 0. The van der Waals surface area contributed by atoms with E-state index < -0.39 is 11.6 Å². The molecule has 1 rings (SSSR count). The maximum absolute atomic E-state index is 13.4. The van der Waals surface area contributed by atoms with E-state index in [1.165, 1.54) is 0 Å². The van der Waals surface area contributed by atoms with E-state index in [0.717, 1.165) is 12.8 Å². The molecule has 0 atom stereocenters. The Kier molecular flexibility index (Phi) is 2.47. The fourth-order valence-electron chi connectivity index (χ4n) is 1.59. The monoisotopic (exact) mass is 160 g/mol. The lowest BCUT2D eigenvalue weighted by molar-refractivity contribution is -0.137. The second-order valence-electron chi connectivity index (χ2n) is 3.25. The first-order chi connectivity index (χ1) is 5.12. The fraction of sp³-hybridized carbons (Fsp3) is 0.875. The first-order valence-electron chi connectivity index (χ1n) is 4.03. The Bertz CT molecular complexity index is 150. The summed E-state index contributed by atoms with van der Waals surface area (Å²) in [5.41, 5.74) is -1.15. The molecule has 0 aromatic heterocycles. The summed E-state index contributed by atoms with van der Waals surface area (Å²) in [6.07, 6.45) is 3.10. The van der Waals surface area contributed by atoms with Crippen LogP contribution < -0.4 is 0 Å². The molecule has 0 heterocycles. The number of alkyl halides is 1. The number of halogens is 1. The molecule has 0 unspecified atom stereocenters.